The summed E-state index contributed by atoms with van der Waals surface area (Å²) in [5.41, 5.74) is 1.72. The van der Waals surface area contributed by atoms with Crippen LogP contribution in [0.2, 0.25) is 0 Å². The van der Waals surface area contributed by atoms with Crippen molar-refractivity contribution in [2.45, 2.75) is 103 Å². The SMILES string of the molecule is CC(C)(C)O[C@H]1CCC2C3CCC4=CC(O)C(O)C[C@]4(C)C3CC[C@@]21C. The first-order chi connectivity index (χ1) is 12.0. The second-order valence-corrected chi connectivity index (χ2v) is 11.1. The molecule has 8 atom stereocenters. The molecule has 0 heterocycles. The van der Waals surface area contributed by atoms with Gasteiger partial charge in [-0.3, -0.25) is 0 Å². The van der Waals surface area contributed by atoms with Gasteiger partial charge in [-0.05, 0) is 94.3 Å². The third kappa shape index (κ3) is 2.81. The Kier molecular flexibility index (Phi) is 4.42. The zero-order valence-electron chi connectivity index (χ0n) is 17.3. The van der Waals surface area contributed by atoms with Crippen molar-refractivity contribution in [1.82, 2.24) is 0 Å². The van der Waals surface area contributed by atoms with Gasteiger partial charge >= 0.3 is 0 Å². The molecule has 4 aliphatic carbocycles. The molecule has 4 rings (SSSR count). The summed E-state index contributed by atoms with van der Waals surface area (Å²) in [5, 5.41) is 20.5. The van der Waals surface area contributed by atoms with E-state index in [1.807, 2.05) is 6.08 Å². The van der Waals surface area contributed by atoms with Crippen LogP contribution in [-0.4, -0.2) is 34.1 Å². The molecule has 0 aromatic carbocycles. The highest BCUT2D eigenvalue weighted by Crippen LogP contribution is 2.66. The molecule has 0 aromatic heterocycles. The Morgan fingerprint density at radius 1 is 1.04 bits per heavy atom. The average Bonchev–Trinajstić information content (AvgIpc) is 2.84. The lowest BCUT2D eigenvalue weighted by Gasteiger charge is -2.59. The minimum absolute atomic E-state index is 0.0719. The number of ether oxygens (including phenoxy) is 1. The third-order valence-electron chi connectivity index (χ3n) is 8.54. The number of allylic oxidation sites excluding steroid dienone is 1. The Labute approximate surface area is 159 Å². The van der Waals surface area contributed by atoms with Gasteiger partial charge in [0.05, 0.1) is 23.9 Å². The summed E-state index contributed by atoms with van der Waals surface area (Å²) < 4.78 is 6.53. The molecule has 3 heteroatoms. The normalized spacial score (nSPS) is 51.3. The van der Waals surface area contributed by atoms with Crippen molar-refractivity contribution in [2.24, 2.45) is 28.6 Å². The number of aliphatic hydroxyl groups excluding tert-OH is 2. The first kappa shape index (κ1) is 19.0. The maximum absolute atomic E-state index is 10.4. The predicted molar refractivity (Wildman–Crippen MR) is 104 cm³/mol. The fraction of sp³-hybridized carbons (Fsp3) is 0.913. The van der Waals surface area contributed by atoms with Crippen molar-refractivity contribution in [3.63, 3.8) is 0 Å². The van der Waals surface area contributed by atoms with Gasteiger partial charge < -0.3 is 14.9 Å². The Morgan fingerprint density at radius 3 is 2.46 bits per heavy atom. The molecule has 0 saturated heterocycles. The van der Waals surface area contributed by atoms with E-state index in [2.05, 4.69) is 34.6 Å². The van der Waals surface area contributed by atoms with Crippen LogP contribution in [0.1, 0.15) is 79.6 Å². The quantitative estimate of drug-likeness (QED) is 0.677. The lowest BCUT2D eigenvalue weighted by atomic mass is 9.47. The molecule has 2 N–H and O–H groups in total. The monoisotopic (exact) mass is 362 g/mol. The molecule has 3 saturated carbocycles. The predicted octanol–water partition coefficient (Wildman–Crippen LogP) is 4.46. The van der Waals surface area contributed by atoms with E-state index in [1.165, 1.54) is 37.7 Å². The van der Waals surface area contributed by atoms with Gasteiger partial charge in [0.15, 0.2) is 0 Å². The molecule has 0 radical (unpaired) electrons. The number of aliphatic hydroxyl groups is 2. The Hall–Kier alpha value is -0.380. The van der Waals surface area contributed by atoms with Crippen molar-refractivity contribution in [3.8, 4) is 0 Å². The minimum atomic E-state index is -0.667. The first-order valence-corrected chi connectivity index (χ1v) is 10.8. The fourth-order valence-electron chi connectivity index (χ4n) is 7.33. The van der Waals surface area contributed by atoms with Crippen LogP contribution in [0, 0.1) is 28.6 Å². The Bertz CT molecular complexity index is 591. The fourth-order valence-corrected chi connectivity index (χ4v) is 7.33. The second kappa shape index (κ2) is 6.06. The molecule has 3 fully saturated rings. The summed E-state index contributed by atoms with van der Waals surface area (Å²) in [6.07, 6.45) is 9.13. The summed E-state index contributed by atoms with van der Waals surface area (Å²) >= 11 is 0. The molecule has 0 aliphatic heterocycles. The standard InChI is InChI=1S/C23H38O3/c1-21(2,3)26-20-9-8-16-15-7-6-14-12-18(24)19(25)13-23(14,5)17(15)10-11-22(16,20)4/h12,15-20,24-25H,6-11,13H2,1-5H3/t15?,16?,17?,18?,19?,20-,22-,23-/m0/s1. The maximum Gasteiger partial charge on any atom is 0.0983 e. The molecule has 4 aliphatic rings. The van der Waals surface area contributed by atoms with Crippen LogP contribution in [-0.2, 0) is 4.74 Å². The number of hydrogen-bond donors (Lipinski definition) is 2. The van der Waals surface area contributed by atoms with E-state index in [0.717, 1.165) is 24.7 Å². The van der Waals surface area contributed by atoms with Crippen molar-refractivity contribution in [2.75, 3.05) is 0 Å². The first-order valence-electron chi connectivity index (χ1n) is 10.8. The summed E-state index contributed by atoms with van der Waals surface area (Å²) in [5.74, 6) is 2.14. The molecule has 5 unspecified atom stereocenters. The highest BCUT2D eigenvalue weighted by atomic mass is 16.5. The number of rotatable bonds is 1. The molecule has 0 spiro atoms. The van der Waals surface area contributed by atoms with Gasteiger partial charge in [0.1, 0.15) is 0 Å². The van der Waals surface area contributed by atoms with E-state index in [1.54, 1.807) is 0 Å². The van der Waals surface area contributed by atoms with Crippen LogP contribution >= 0.6 is 0 Å². The lowest BCUT2D eigenvalue weighted by Crippen LogP contribution is -2.54. The second-order valence-electron chi connectivity index (χ2n) is 11.1. The number of fused-ring (bicyclic) bond motifs is 5. The zero-order valence-corrected chi connectivity index (χ0v) is 17.3. The van der Waals surface area contributed by atoms with Crippen LogP contribution in [0.15, 0.2) is 11.6 Å². The van der Waals surface area contributed by atoms with E-state index < -0.39 is 12.2 Å². The molecule has 3 nitrogen and oxygen atoms in total. The molecule has 26 heavy (non-hydrogen) atoms. The molecule has 0 bridgehead atoms. The van der Waals surface area contributed by atoms with Crippen molar-refractivity contribution >= 4 is 0 Å². The summed E-state index contributed by atoms with van der Waals surface area (Å²) in [6.45, 7) is 11.4. The molecular formula is C23H38O3. The van der Waals surface area contributed by atoms with Gasteiger partial charge in [0, 0.05) is 0 Å². The Morgan fingerprint density at radius 2 is 1.77 bits per heavy atom. The minimum Gasteiger partial charge on any atom is -0.390 e. The maximum atomic E-state index is 10.4. The van der Waals surface area contributed by atoms with Crippen molar-refractivity contribution in [1.29, 1.82) is 0 Å². The smallest absolute Gasteiger partial charge is 0.0983 e. The zero-order chi connectivity index (χ0) is 18.9. The topological polar surface area (TPSA) is 49.7 Å². The Balaban J connectivity index is 1.60. The van der Waals surface area contributed by atoms with Gasteiger partial charge in [-0.25, -0.2) is 0 Å². The van der Waals surface area contributed by atoms with E-state index in [-0.39, 0.29) is 11.0 Å². The molecule has 0 aromatic rings. The van der Waals surface area contributed by atoms with Crippen LogP contribution < -0.4 is 0 Å². The van der Waals surface area contributed by atoms with Crippen LogP contribution in [0.3, 0.4) is 0 Å². The largest absolute Gasteiger partial charge is 0.390 e. The summed E-state index contributed by atoms with van der Waals surface area (Å²) in [6, 6.07) is 0. The van der Waals surface area contributed by atoms with Gasteiger partial charge in [-0.2, -0.15) is 0 Å². The molecular weight excluding hydrogens is 324 g/mol. The van der Waals surface area contributed by atoms with E-state index in [4.69, 9.17) is 4.74 Å². The van der Waals surface area contributed by atoms with E-state index >= 15 is 0 Å². The molecule has 148 valence electrons. The van der Waals surface area contributed by atoms with Crippen LogP contribution in [0.25, 0.3) is 0 Å². The van der Waals surface area contributed by atoms with Crippen LogP contribution in [0.4, 0.5) is 0 Å². The third-order valence-corrected chi connectivity index (χ3v) is 8.54. The van der Waals surface area contributed by atoms with E-state index in [9.17, 15) is 10.2 Å². The number of hydrogen-bond acceptors (Lipinski definition) is 3. The van der Waals surface area contributed by atoms with Gasteiger partial charge in [-0.15, -0.1) is 0 Å². The summed E-state index contributed by atoms with van der Waals surface area (Å²) in [4.78, 5) is 0. The average molecular weight is 363 g/mol. The highest BCUT2D eigenvalue weighted by Gasteiger charge is 2.60. The van der Waals surface area contributed by atoms with Crippen LogP contribution in [0.5, 0.6) is 0 Å². The van der Waals surface area contributed by atoms with Gasteiger partial charge in [-0.1, -0.05) is 25.5 Å². The molecule has 0 amide bonds. The van der Waals surface area contributed by atoms with E-state index in [0.29, 0.717) is 17.4 Å². The summed E-state index contributed by atoms with van der Waals surface area (Å²) in [7, 11) is 0. The highest BCUT2D eigenvalue weighted by molar-refractivity contribution is 5.26. The van der Waals surface area contributed by atoms with Gasteiger partial charge in [0.2, 0.25) is 0 Å². The van der Waals surface area contributed by atoms with Crippen molar-refractivity contribution < 1.29 is 14.9 Å². The van der Waals surface area contributed by atoms with Crippen molar-refractivity contribution in [3.05, 3.63) is 11.6 Å². The lowest BCUT2D eigenvalue weighted by molar-refractivity contribution is -0.142. The van der Waals surface area contributed by atoms with Gasteiger partial charge in [0.25, 0.3) is 0 Å².